The summed E-state index contributed by atoms with van der Waals surface area (Å²) in [6.45, 7) is 2.72. The number of nitrogens with zero attached hydrogens (tertiary/aromatic N) is 3. The van der Waals surface area contributed by atoms with Crippen LogP contribution in [0.1, 0.15) is 30.1 Å². The lowest BCUT2D eigenvalue weighted by atomic mass is 9.97. The standard InChI is InChI=1S/C20H19Cl2N3O3S/c1-13-4-2-3-5-18(13)20-23-19(24-28-20)14-6-8-25(9-7-14)29(26,27)17-11-15(21)10-16(22)12-17/h2-5,10-12,14H,6-9H2,1H3. The molecule has 29 heavy (non-hydrogen) atoms. The van der Waals surface area contributed by atoms with Crippen molar-refractivity contribution in [1.82, 2.24) is 14.4 Å². The fourth-order valence-corrected chi connectivity index (χ4v) is 5.70. The van der Waals surface area contributed by atoms with Crippen LogP contribution in [0, 0.1) is 6.92 Å². The lowest BCUT2D eigenvalue weighted by Gasteiger charge is -2.29. The monoisotopic (exact) mass is 451 g/mol. The molecular formula is C20H19Cl2N3O3S. The van der Waals surface area contributed by atoms with Crippen molar-refractivity contribution in [3.63, 3.8) is 0 Å². The van der Waals surface area contributed by atoms with Gasteiger partial charge in [-0.25, -0.2) is 8.42 Å². The summed E-state index contributed by atoms with van der Waals surface area (Å²) in [5, 5.41) is 4.72. The molecule has 1 saturated heterocycles. The highest BCUT2D eigenvalue weighted by atomic mass is 35.5. The number of hydrogen-bond donors (Lipinski definition) is 0. The first-order valence-corrected chi connectivity index (χ1v) is 11.4. The Morgan fingerprint density at radius 2 is 1.72 bits per heavy atom. The number of rotatable bonds is 4. The van der Waals surface area contributed by atoms with Gasteiger partial charge in [-0.1, -0.05) is 46.6 Å². The Labute approximate surface area is 179 Å². The number of hydrogen-bond acceptors (Lipinski definition) is 5. The van der Waals surface area contributed by atoms with Crippen molar-refractivity contribution in [3.8, 4) is 11.5 Å². The number of aromatic nitrogens is 2. The molecule has 0 radical (unpaired) electrons. The zero-order valence-corrected chi connectivity index (χ0v) is 18.0. The largest absolute Gasteiger partial charge is 0.334 e. The van der Waals surface area contributed by atoms with Crippen LogP contribution in [-0.4, -0.2) is 36.0 Å². The van der Waals surface area contributed by atoms with E-state index in [1.807, 2.05) is 31.2 Å². The van der Waals surface area contributed by atoms with Gasteiger partial charge < -0.3 is 4.52 Å². The Hall–Kier alpha value is -1.93. The van der Waals surface area contributed by atoms with Crippen molar-refractivity contribution >= 4 is 33.2 Å². The van der Waals surface area contributed by atoms with E-state index < -0.39 is 10.0 Å². The van der Waals surface area contributed by atoms with Crippen molar-refractivity contribution in [1.29, 1.82) is 0 Å². The zero-order valence-electron chi connectivity index (χ0n) is 15.7. The summed E-state index contributed by atoms with van der Waals surface area (Å²) in [4.78, 5) is 4.66. The zero-order chi connectivity index (χ0) is 20.6. The number of benzene rings is 2. The molecule has 152 valence electrons. The molecule has 1 aliphatic heterocycles. The van der Waals surface area contributed by atoms with Crippen LogP contribution < -0.4 is 0 Å². The van der Waals surface area contributed by atoms with Crippen LogP contribution in [0.4, 0.5) is 0 Å². The molecule has 1 aliphatic rings. The summed E-state index contributed by atoms with van der Waals surface area (Å²) in [5.74, 6) is 1.15. The molecule has 0 spiro atoms. The van der Waals surface area contributed by atoms with Gasteiger partial charge in [0.15, 0.2) is 5.82 Å². The molecular weight excluding hydrogens is 433 g/mol. The second-order valence-corrected chi connectivity index (χ2v) is 9.87. The highest BCUT2D eigenvalue weighted by Crippen LogP contribution is 2.32. The molecule has 2 heterocycles. The number of sulfonamides is 1. The Morgan fingerprint density at radius 1 is 1.07 bits per heavy atom. The van der Waals surface area contributed by atoms with Crippen LogP contribution in [0.5, 0.6) is 0 Å². The Morgan fingerprint density at radius 3 is 2.38 bits per heavy atom. The van der Waals surface area contributed by atoms with Crippen LogP contribution in [-0.2, 0) is 10.0 Å². The van der Waals surface area contributed by atoms with Gasteiger partial charge in [-0.2, -0.15) is 9.29 Å². The van der Waals surface area contributed by atoms with Gasteiger partial charge in [0.05, 0.1) is 4.90 Å². The predicted octanol–water partition coefficient (Wildman–Crippen LogP) is 4.92. The number of halogens is 2. The lowest BCUT2D eigenvalue weighted by molar-refractivity contribution is 0.307. The van der Waals surface area contributed by atoms with Crippen molar-refractivity contribution in [2.75, 3.05) is 13.1 Å². The molecule has 3 aromatic rings. The fraction of sp³-hybridized carbons (Fsp3) is 0.300. The molecule has 9 heteroatoms. The Kier molecular flexibility index (Phi) is 5.66. The van der Waals surface area contributed by atoms with Crippen LogP contribution in [0.15, 0.2) is 51.9 Å². The van der Waals surface area contributed by atoms with Gasteiger partial charge in [0.1, 0.15) is 0 Å². The van der Waals surface area contributed by atoms with Crippen LogP contribution in [0.25, 0.3) is 11.5 Å². The third-order valence-electron chi connectivity index (χ3n) is 5.11. The molecule has 2 aromatic carbocycles. The van der Waals surface area contributed by atoms with E-state index in [-0.39, 0.29) is 10.8 Å². The molecule has 0 unspecified atom stereocenters. The summed E-state index contributed by atoms with van der Waals surface area (Å²) < 4.78 is 32.7. The van der Waals surface area contributed by atoms with Crippen molar-refractivity contribution in [3.05, 3.63) is 63.9 Å². The first kappa shape index (κ1) is 20.3. The Bertz CT molecular complexity index is 1120. The highest BCUT2D eigenvalue weighted by molar-refractivity contribution is 7.89. The van der Waals surface area contributed by atoms with Crippen LogP contribution >= 0.6 is 23.2 Å². The quantitative estimate of drug-likeness (QED) is 0.562. The minimum Gasteiger partial charge on any atom is -0.334 e. The minimum absolute atomic E-state index is 0.0471. The Balaban J connectivity index is 1.48. The van der Waals surface area contributed by atoms with E-state index >= 15 is 0 Å². The molecule has 0 amide bonds. The van der Waals surface area contributed by atoms with E-state index in [1.165, 1.54) is 22.5 Å². The first-order chi connectivity index (χ1) is 13.8. The van der Waals surface area contributed by atoms with Crippen LogP contribution in [0.2, 0.25) is 10.0 Å². The van der Waals surface area contributed by atoms with E-state index in [4.69, 9.17) is 27.7 Å². The maximum Gasteiger partial charge on any atom is 0.258 e. The predicted molar refractivity (Wildman–Crippen MR) is 112 cm³/mol. The van der Waals surface area contributed by atoms with Gasteiger partial charge in [-0.3, -0.25) is 0 Å². The third-order valence-corrected chi connectivity index (χ3v) is 7.42. The second kappa shape index (κ2) is 8.07. The molecule has 0 N–H and O–H groups in total. The first-order valence-electron chi connectivity index (χ1n) is 9.20. The van der Waals surface area contributed by atoms with E-state index in [1.54, 1.807) is 0 Å². The smallest absolute Gasteiger partial charge is 0.258 e. The summed E-state index contributed by atoms with van der Waals surface area (Å²) in [6.07, 6.45) is 1.22. The van der Waals surface area contributed by atoms with Gasteiger partial charge in [0.25, 0.3) is 5.89 Å². The maximum absolute atomic E-state index is 12.9. The molecule has 0 saturated carbocycles. The summed E-state index contributed by atoms with van der Waals surface area (Å²) in [7, 11) is -3.66. The molecule has 0 aliphatic carbocycles. The van der Waals surface area contributed by atoms with Crippen molar-refractivity contribution in [2.45, 2.75) is 30.6 Å². The average Bonchev–Trinajstić information content (AvgIpc) is 3.17. The third kappa shape index (κ3) is 4.19. The lowest BCUT2D eigenvalue weighted by Crippen LogP contribution is -2.38. The maximum atomic E-state index is 12.9. The average molecular weight is 452 g/mol. The number of aryl methyl sites for hydroxylation is 1. The highest BCUT2D eigenvalue weighted by Gasteiger charge is 2.32. The number of piperidine rings is 1. The fourth-order valence-electron chi connectivity index (χ4n) is 3.50. The van der Waals surface area contributed by atoms with Gasteiger partial charge >= 0.3 is 0 Å². The summed E-state index contributed by atoms with van der Waals surface area (Å²) in [6, 6.07) is 12.2. The van der Waals surface area contributed by atoms with Crippen molar-refractivity contribution < 1.29 is 12.9 Å². The summed E-state index contributed by atoms with van der Waals surface area (Å²) in [5.41, 5.74) is 1.97. The molecule has 4 rings (SSSR count). The molecule has 6 nitrogen and oxygen atoms in total. The van der Waals surface area contributed by atoms with E-state index in [0.29, 0.717) is 47.7 Å². The van der Waals surface area contributed by atoms with Gasteiger partial charge in [0.2, 0.25) is 10.0 Å². The van der Waals surface area contributed by atoms with Gasteiger partial charge in [-0.05, 0) is 49.6 Å². The summed E-state index contributed by atoms with van der Waals surface area (Å²) >= 11 is 11.9. The van der Waals surface area contributed by atoms with E-state index in [2.05, 4.69) is 10.1 Å². The molecule has 0 atom stereocenters. The molecule has 1 fully saturated rings. The van der Waals surface area contributed by atoms with Crippen LogP contribution in [0.3, 0.4) is 0 Å². The van der Waals surface area contributed by atoms with E-state index in [0.717, 1.165) is 11.1 Å². The van der Waals surface area contributed by atoms with E-state index in [9.17, 15) is 8.42 Å². The molecule has 1 aromatic heterocycles. The molecule has 0 bridgehead atoms. The van der Waals surface area contributed by atoms with Gasteiger partial charge in [-0.15, -0.1) is 0 Å². The second-order valence-electron chi connectivity index (χ2n) is 7.06. The van der Waals surface area contributed by atoms with Crippen molar-refractivity contribution in [2.24, 2.45) is 0 Å². The SMILES string of the molecule is Cc1ccccc1-c1nc(C2CCN(S(=O)(=O)c3cc(Cl)cc(Cl)c3)CC2)no1. The minimum atomic E-state index is -3.66. The van der Waals surface area contributed by atoms with Gasteiger partial charge in [0, 0.05) is 34.6 Å². The topological polar surface area (TPSA) is 76.3 Å². The normalized spacial score (nSPS) is 16.2.